The minimum Gasteiger partial charge on any atom is -0.493 e. The third-order valence-corrected chi connectivity index (χ3v) is 5.10. The number of thiocarbonyl (C=S) groups is 1. The zero-order chi connectivity index (χ0) is 21.5. The SMILES string of the molecule is CC(C)COc1cccc(C(=O)NC(=S)Nc2ccc(N3CCN(C)CC3)cc2)c1. The highest BCUT2D eigenvalue weighted by atomic mass is 32.1. The van der Waals surface area contributed by atoms with Crippen LogP contribution in [0.5, 0.6) is 5.75 Å². The lowest BCUT2D eigenvalue weighted by atomic mass is 10.2. The van der Waals surface area contributed by atoms with Gasteiger partial charge in [0.05, 0.1) is 6.61 Å². The Morgan fingerprint density at radius 3 is 2.47 bits per heavy atom. The van der Waals surface area contributed by atoms with Gasteiger partial charge in [0.1, 0.15) is 5.75 Å². The van der Waals surface area contributed by atoms with Crippen molar-refractivity contribution in [2.75, 3.05) is 50.1 Å². The summed E-state index contributed by atoms with van der Waals surface area (Å²) in [4.78, 5) is 17.2. The molecule has 1 saturated heterocycles. The summed E-state index contributed by atoms with van der Waals surface area (Å²) in [6.07, 6.45) is 0. The highest BCUT2D eigenvalue weighted by Crippen LogP contribution is 2.19. The molecule has 0 radical (unpaired) electrons. The van der Waals surface area contributed by atoms with Gasteiger partial charge in [-0.05, 0) is 67.6 Å². The van der Waals surface area contributed by atoms with E-state index in [9.17, 15) is 4.79 Å². The maximum atomic E-state index is 12.5. The molecule has 1 fully saturated rings. The van der Waals surface area contributed by atoms with Crippen molar-refractivity contribution in [1.82, 2.24) is 10.2 Å². The molecule has 0 aromatic heterocycles. The maximum absolute atomic E-state index is 12.5. The van der Waals surface area contributed by atoms with E-state index in [-0.39, 0.29) is 11.0 Å². The molecule has 1 amide bonds. The summed E-state index contributed by atoms with van der Waals surface area (Å²) < 4.78 is 5.69. The molecule has 30 heavy (non-hydrogen) atoms. The second kappa shape index (κ2) is 10.4. The number of hydrogen-bond acceptors (Lipinski definition) is 5. The molecule has 2 aromatic rings. The fraction of sp³-hybridized carbons (Fsp3) is 0.391. The quantitative estimate of drug-likeness (QED) is 0.689. The molecular formula is C23H30N4O2S. The lowest BCUT2D eigenvalue weighted by Crippen LogP contribution is -2.44. The number of anilines is 2. The molecular weight excluding hydrogens is 396 g/mol. The first-order valence-electron chi connectivity index (χ1n) is 10.3. The Morgan fingerprint density at radius 1 is 1.10 bits per heavy atom. The summed E-state index contributed by atoms with van der Waals surface area (Å²) in [6, 6.07) is 15.2. The molecule has 0 aliphatic carbocycles. The van der Waals surface area contributed by atoms with Crippen molar-refractivity contribution in [3.63, 3.8) is 0 Å². The predicted molar refractivity (Wildman–Crippen MR) is 127 cm³/mol. The topological polar surface area (TPSA) is 56.8 Å². The molecule has 7 heteroatoms. The van der Waals surface area contributed by atoms with Gasteiger partial charge >= 0.3 is 0 Å². The highest BCUT2D eigenvalue weighted by molar-refractivity contribution is 7.80. The Kier molecular flexibility index (Phi) is 7.65. The van der Waals surface area contributed by atoms with Crippen LogP contribution in [0.3, 0.4) is 0 Å². The van der Waals surface area contributed by atoms with Gasteiger partial charge in [0.15, 0.2) is 5.11 Å². The first kappa shape index (κ1) is 22.1. The second-order valence-corrected chi connectivity index (χ2v) is 8.39. The van der Waals surface area contributed by atoms with Crippen LogP contribution in [0.1, 0.15) is 24.2 Å². The van der Waals surface area contributed by atoms with E-state index >= 15 is 0 Å². The Balaban J connectivity index is 1.52. The highest BCUT2D eigenvalue weighted by Gasteiger charge is 2.14. The zero-order valence-corrected chi connectivity index (χ0v) is 18.7. The average Bonchev–Trinajstić information content (AvgIpc) is 2.73. The van der Waals surface area contributed by atoms with Gasteiger partial charge in [-0.15, -0.1) is 0 Å². The third kappa shape index (κ3) is 6.43. The Morgan fingerprint density at radius 2 is 1.80 bits per heavy atom. The van der Waals surface area contributed by atoms with Gasteiger partial charge in [-0.3, -0.25) is 10.1 Å². The number of likely N-dealkylation sites (N-methyl/N-ethyl adjacent to an activating group) is 1. The lowest BCUT2D eigenvalue weighted by molar-refractivity contribution is 0.0977. The molecule has 6 nitrogen and oxygen atoms in total. The van der Waals surface area contributed by atoms with Crippen LogP contribution in [0.15, 0.2) is 48.5 Å². The lowest BCUT2D eigenvalue weighted by Gasteiger charge is -2.34. The molecule has 0 saturated carbocycles. The van der Waals surface area contributed by atoms with Crippen LogP contribution in [-0.2, 0) is 0 Å². The number of hydrogen-bond donors (Lipinski definition) is 2. The van der Waals surface area contributed by atoms with Crippen LogP contribution in [-0.4, -0.2) is 55.8 Å². The van der Waals surface area contributed by atoms with Crippen molar-refractivity contribution in [2.24, 2.45) is 5.92 Å². The molecule has 1 aliphatic heterocycles. The predicted octanol–water partition coefficient (Wildman–Crippen LogP) is 3.60. The number of benzene rings is 2. The van der Waals surface area contributed by atoms with E-state index in [0.29, 0.717) is 23.8 Å². The standard InChI is InChI=1S/C23H30N4O2S/c1-17(2)16-29-21-6-4-5-18(15-21)22(28)25-23(30)24-19-7-9-20(10-8-19)27-13-11-26(3)12-14-27/h4-10,15,17H,11-14,16H2,1-3H3,(H2,24,25,28,30). The van der Waals surface area contributed by atoms with Gasteiger partial charge in [-0.1, -0.05) is 19.9 Å². The smallest absolute Gasteiger partial charge is 0.257 e. The number of nitrogens with one attached hydrogen (secondary N) is 2. The summed E-state index contributed by atoms with van der Waals surface area (Å²) in [5.41, 5.74) is 2.54. The van der Waals surface area contributed by atoms with Crippen LogP contribution in [0, 0.1) is 5.92 Å². The fourth-order valence-electron chi connectivity index (χ4n) is 3.15. The van der Waals surface area contributed by atoms with Gasteiger partial charge in [0.25, 0.3) is 5.91 Å². The van der Waals surface area contributed by atoms with Crippen molar-refractivity contribution in [1.29, 1.82) is 0 Å². The molecule has 0 atom stereocenters. The van der Waals surface area contributed by atoms with Gasteiger partial charge < -0.3 is 19.9 Å². The molecule has 0 bridgehead atoms. The molecule has 1 heterocycles. The summed E-state index contributed by atoms with van der Waals surface area (Å²) >= 11 is 5.31. The van der Waals surface area contributed by atoms with Crippen LogP contribution < -0.4 is 20.3 Å². The molecule has 2 aromatic carbocycles. The normalized spacial score (nSPS) is 14.5. The first-order valence-corrected chi connectivity index (χ1v) is 10.7. The van der Waals surface area contributed by atoms with Gasteiger partial charge in [-0.25, -0.2) is 0 Å². The summed E-state index contributed by atoms with van der Waals surface area (Å²) in [5, 5.41) is 6.07. The van der Waals surface area contributed by atoms with E-state index in [1.165, 1.54) is 5.69 Å². The van der Waals surface area contributed by atoms with Crippen molar-refractivity contribution in [3.05, 3.63) is 54.1 Å². The van der Waals surface area contributed by atoms with Gasteiger partial charge in [0, 0.05) is 43.1 Å². The van der Waals surface area contributed by atoms with Crippen LogP contribution >= 0.6 is 12.2 Å². The average molecular weight is 427 g/mol. The number of amides is 1. The molecule has 160 valence electrons. The molecule has 3 rings (SSSR count). The van der Waals surface area contributed by atoms with Crippen molar-refractivity contribution in [2.45, 2.75) is 13.8 Å². The van der Waals surface area contributed by atoms with E-state index in [0.717, 1.165) is 31.9 Å². The monoisotopic (exact) mass is 426 g/mol. The summed E-state index contributed by atoms with van der Waals surface area (Å²) in [6.45, 7) is 8.96. The number of nitrogens with zero attached hydrogens (tertiary/aromatic N) is 2. The largest absolute Gasteiger partial charge is 0.493 e. The number of piperazine rings is 1. The summed E-state index contributed by atoms with van der Waals surface area (Å²) in [7, 11) is 2.15. The van der Waals surface area contributed by atoms with Crippen molar-refractivity contribution < 1.29 is 9.53 Å². The second-order valence-electron chi connectivity index (χ2n) is 7.98. The minimum absolute atomic E-state index is 0.265. The van der Waals surface area contributed by atoms with E-state index in [1.54, 1.807) is 18.2 Å². The fourth-order valence-corrected chi connectivity index (χ4v) is 3.36. The number of carbonyl (C=O) groups is 1. The summed E-state index contributed by atoms with van der Waals surface area (Å²) in [5.74, 6) is 0.827. The minimum atomic E-state index is -0.267. The Bertz CT molecular complexity index is 862. The van der Waals surface area contributed by atoms with Gasteiger partial charge in [-0.2, -0.15) is 0 Å². The number of rotatable bonds is 6. The zero-order valence-electron chi connectivity index (χ0n) is 17.9. The number of carbonyl (C=O) groups excluding carboxylic acids is 1. The van der Waals surface area contributed by atoms with Crippen LogP contribution in [0.2, 0.25) is 0 Å². The van der Waals surface area contributed by atoms with E-state index in [2.05, 4.69) is 53.5 Å². The van der Waals surface area contributed by atoms with E-state index in [4.69, 9.17) is 17.0 Å². The number of ether oxygens (including phenoxy) is 1. The van der Waals surface area contributed by atoms with E-state index in [1.807, 2.05) is 18.2 Å². The van der Waals surface area contributed by atoms with Crippen LogP contribution in [0.4, 0.5) is 11.4 Å². The molecule has 1 aliphatic rings. The maximum Gasteiger partial charge on any atom is 0.257 e. The van der Waals surface area contributed by atoms with E-state index < -0.39 is 0 Å². The van der Waals surface area contributed by atoms with Crippen molar-refractivity contribution >= 4 is 34.6 Å². The molecule has 0 unspecified atom stereocenters. The molecule has 0 spiro atoms. The third-order valence-electron chi connectivity index (χ3n) is 4.90. The molecule has 2 N–H and O–H groups in total. The van der Waals surface area contributed by atoms with Gasteiger partial charge in [0.2, 0.25) is 0 Å². The first-order chi connectivity index (χ1) is 14.4. The van der Waals surface area contributed by atoms with Crippen LogP contribution in [0.25, 0.3) is 0 Å². The Labute approximate surface area is 184 Å². The Hall–Kier alpha value is -2.64. The van der Waals surface area contributed by atoms with Crippen molar-refractivity contribution in [3.8, 4) is 5.75 Å².